The van der Waals surface area contributed by atoms with Crippen molar-refractivity contribution in [1.82, 2.24) is 15.1 Å². The van der Waals surface area contributed by atoms with Gasteiger partial charge in [0.1, 0.15) is 0 Å². The van der Waals surface area contributed by atoms with E-state index < -0.39 is 5.60 Å². The van der Waals surface area contributed by atoms with Gasteiger partial charge in [0.15, 0.2) is 0 Å². The Balaban J connectivity index is 2.08. The smallest absolute Gasteiger partial charge is 0.254 e. The topological polar surface area (TPSA) is 67.2 Å². The normalized spacial score (nSPS) is 11.5. The number of hydrogen-bond donors (Lipinski definition) is 2. The second-order valence-electron chi connectivity index (χ2n) is 5.57. The Labute approximate surface area is 131 Å². The van der Waals surface area contributed by atoms with Crippen LogP contribution in [-0.2, 0) is 0 Å². The zero-order chi connectivity index (χ0) is 16.2. The zero-order valence-electron chi connectivity index (χ0n) is 13.3. The van der Waals surface area contributed by atoms with Crippen molar-refractivity contribution >= 4 is 5.91 Å². The SMILES string of the molecule is CCC(O)(CC)CNC(=O)c1cnn(-c2ccccc2C)c1. The van der Waals surface area contributed by atoms with E-state index >= 15 is 0 Å². The van der Waals surface area contributed by atoms with Gasteiger partial charge < -0.3 is 10.4 Å². The predicted octanol–water partition coefficient (Wildman–Crippen LogP) is 2.46. The van der Waals surface area contributed by atoms with Gasteiger partial charge in [0.05, 0.1) is 23.0 Å². The third-order valence-electron chi connectivity index (χ3n) is 4.10. The fourth-order valence-corrected chi connectivity index (χ4v) is 2.24. The summed E-state index contributed by atoms with van der Waals surface area (Å²) in [6.07, 6.45) is 4.45. The third-order valence-corrected chi connectivity index (χ3v) is 4.10. The lowest BCUT2D eigenvalue weighted by Gasteiger charge is -2.25. The number of hydrogen-bond acceptors (Lipinski definition) is 3. The molecule has 1 amide bonds. The summed E-state index contributed by atoms with van der Waals surface area (Å²) in [5.41, 5.74) is 1.67. The number of carbonyl (C=O) groups excluding carboxylic acids is 1. The Morgan fingerprint density at radius 3 is 2.64 bits per heavy atom. The third kappa shape index (κ3) is 3.54. The molecule has 2 aromatic rings. The van der Waals surface area contributed by atoms with Crippen LogP contribution in [0.5, 0.6) is 0 Å². The molecule has 5 nitrogen and oxygen atoms in total. The number of carbonyl (C=O) groups is 1. The Morgan fingerprint density at radius 2 is 2.00 bits per heavy atom. The van der Waals surface area contributed by atoms with E-state index in [9.17, 15) is 9.90 Å². The highest BCUT2D eigenvalue weighted by atomic mass is 16.3. The minimum atomic E-state index is -0.846. The first-order chi connectivity index (χ1) is 10.5. The molecule has 118 valence electrons. The van der Waals surface area contributed by atoms with Gasteiger partial charge >= 0.3 is 0 Å². The number of benzene rings is 1. The van der Waals surface area contributed by atoms with Crippen molar-refractivity contribution in [3.63, 3.8) is 0 Å². The molecule has 0 spiro atoms. The average molecular weight is 301 g/mol. The molecule has 0 aliphatic rings. The van der Waals surface area contributed by atoms with Crippen LogP contribution >= 0.6 is 0 Å². The van der Waals surface area contributed by atoms with Crippen LogP contribution < -0.4 is 5.32 Å². The molecule has 22 heavy (non-hydrogen) atoms. The Morgan fingerprint density at radius 1 is 1.32 bits per heavy atom. The van der Waals surface area contributed by atoms with Crippen LogP contribution in [0.1, 0.15) is 42.6 Å². The number of nitrogens with zero attached hydrogens (tertiary/aromatic N) is 2. The maximum atomic E-state index is 12.2. The summed E-state index contributed by atoms with van der Waals surface area (Å²) < 4.78 is 1.69. The molecule has 0 unspecified atom stereocenters. The largest absolute Gasteiger partial charge is 0.388 e. The molecule has 2 rings (SSSR count). The van der Waals surface area contributed by atoms with Crippen LogP contribution in [0.2, 0.25) is 0 Å². The molecule has 0 aliphatic heterocycles. The van der Waals surface area contributed by atoms with Crippen molar-refractivity contribution < 1.29 is 9.90 Å². The van der Waals surface area contributed by atoms with E-state index in [-0.39, 0.29) is 12.5 Å². The molecule has 1 aromatic carbocycles. The number of rotatable bonds is 6. The first-order valence-electron chi connectivity index (χ1n) is 7.60. The van der Waals surface area contributed by atoms with E-state index in [1.807, 2.05) is 45.0 Å². The number of para-hydroxylation sites is 1. The summed E-state index contributed by atoms with van der Waals surface area (Å²) in [4.78, 5) is 12.2. The fraction of sp³-hybridized carbons (Fsp3) is 0.412. The molecule has 1 aromatic heterocycles. The summed E-state index contributed by atoms with van der Waals surface area (Å²) in [5, 5.41) is 17.2. The summed E-state index contributed by atoms with van der Waals surface area (Å²) in [7, 11) is 0. The van der Waals surface area contributed by atoms with Gasteiger partial charge in [0.2, 0.25) is 0 Å². The minimum absolute atomic E-state index is 0.222. The molecule has 2 N–H and O–H groups in total. The summed E-state index contributed by atoms with van der Waals surface area (Å²) in [5.74, 6) is -0.222. The number of aryl methyl sites for hydroxylation is 1. The molecule has 0 aliphatic carbocycles. The lowest BCUT2D eigenvalue weighted by molar-refractivity contribution is 0.0314. The Hall–Kier alpha value is -2.14. The lowest BCUT2D eigenvalue weighted by Crippen LogP contribution is -2.41. The zero-order valence-corrected chi connectivity index (χ0v) is 13.3. The van der Waals surface area contributed by atoms with Crippen LogP contribution in [-0.4, -0.2) is 32.9 Å². The van der Waals surface area contributed by atoms with Crippen LogP contribution in [0, 0.1) is 6.92 Å². The lowest BCUT2D eigenvalue weighted by atomic mass is 9.97. The molecule has 0 radical (unpaired) electrons. The molecule has 0 bridgehead atoms. The Bertz CT molecular complexity index is 645. The van der Waals surface area contributed by atoms with Crippen LogP contribution in [0.25, 0.3) is 5.69 Å². The number of aromatic nitrogens is 2. The van der Waals surface area contributed by atoms with Gasteiger partial charge in [-0.3, -0.25) is 4.79 Å². The molecule has 5 heteroatoms. The van der Waals surface area contributed by atoms with Crippen molar-refractivity contribution in [1.29, 1.82) is 0 Å². The van der Waals surface area contributed by atoms with Crippen LogP contribution in [0.3, 0.4) is 0 Å². The van der Waals surface area contributed by atoms with Gasteiger partial charge in [-0.25, -0.2) is 4.68 Å². The standard InChI is InChI=1S/C17H23N3O2/c1-4-17(22,5-2)12-18-16(21)14-10-19-20(11-14)15-9-7-6-8-13(15)3/h6-11,22H,4-5,12H2,1-3H3,(H,18,21). The summed E-state index contributed by atoms with van der Waals surface area (Å²) in [6.45, 7) is 6.06. The molecular formula is C17H23N3O2. The number of aliphatic hydroxyl groups is 1. The molecule has 0 saturated carbocycles. The maximum absolute atomic E-state index is 12.2. The molecule has 0 atom stereocenters. The van der Waals surface area contributed by atoms with E-state index in [2.05, 4.69) is 10.4 Å². The molecule has 1 heterocycles. The quantitative estimate of drug-likeness (QED) is 0.861. The second kappa shape index (κ2) is 6.75. The van der Waals surface area contributed by atoms with Gasteiger partial charge in [-0.15, -0.1) is 0 Å². The highest BCUT2D eigenvalue weighted by molar-refractivity contribution is 5.93. The minimum Gasteiger partial charge on any atom is -0.388 e. The maximum Gasteiger partial charge on any atom is 0.254 e. The highest BCUT2D eigenvalue weighted by Gasteiger charge is 2.23. The van der Waals surface area contributed by atoms with Crippen molar-refractivity contribution in [2.75, 3.05) is 6.54 Å². The van der Waals surface area contributed by atoms with Gasteiger partial charge in [-0.1, -0.05) is 32.0 Å². The van der Waals surface area contributed by atoms with E-state index in [0.717, 1.165) is 11.3 Å². The van der Waals surface area contributed by atoms with Crippen LogP contribution in [0.4, 0.5) is 0 Å². The van der Waals surface area contributed by atoms with E-state index in [1.54, 1.807) is 17.1 Å². The first kappa shape index (κ1) is 16.2. The predicted molar refractivity (Wildman–Crippen MR) is 86.2 cm³/mol. The molecule has 0 saturated heterocycles. The fourth-order valence-electron chi connectivity index (χ4n) is 2.24. The van der Waals surface area contributed by atoms with Crippen molar-refractivity contribution in [3.05, 3.63) is 47.8 Å². The second-order valence-corrected chi connectivity index (χ2v) is 5.57. The average Bonchev–Trinajstić information content (AvgIpc) is 3.02. The molecular weight excluding hydrogens is 278 g/mol. The van der Waals surface area contributed by atoms with E-state index in [0.29, 0.717) is 18.4 Å². The molecule has 0 fully saturated rings. The van der Waals surface area contributed by atoms with Crippen LogP contribution in [0.15, 0.2) is 36.7 Å². The first-order valence-corrected chi connectivity index (χ1v) is 7.60. The van der Waals surface area contributed by atoms with E-state index in [1.165, 1.54) is 0 Å². The monoisotopic (exact) mass is 301 g/mol. The van der Waals surface area contributed by atoms with E-state index in [4.69, 9.17) is 0 Å². The number of nitrogens with one attached hydrogen (secondary N) is 1. The highest BCUT2D eigenvalue weighted by Crippen LogP contribution is 2.15. The van der Waals surface area contributed by atoms with Gasteiger partial charge in [0.25, 0.3) is 5.91 Å². The summed E-state index contributed by atoms with van der Waals surface area (Å²) in [6, 6.07) is 7.86. The van der Waals surface area contributed by atoms with Crippen molar-refractivity contribution in [3.8, 4) is 5.69 Å². The number of amides is 1. The Kier molecular flexibility index (Phi) is 4.98. The van der Waals surface area contributed by atoms with Gasteiger partial charge in [-0.05, 0) is 31.4 Å². The summed E-state index contributed by atoms with van der Waals surface area (Å²) >= 11 is 0. The van der Waals surface area contributed by atoms with Crippen molar-refractivity contribution in [2.24, 2.45) is 0 Å². The van der Waals surface area contributed by atoms with Crippen molar-refractivity contribution in [2.45, 2.75) is 39.2 Å². The van der Waals surface area contributed by atoms with Gasteiger partial charge in [-0.2, -0.15) is 5.10 Å². The van der Waals surface area contributed by atoms with Gasteiger partial charge in [0, 0.05) is 12.7 Å².